The maximum absolute atomic E-state index is 14.6. The summed E-state index contributed by atoms with van der Waals surface area (Å²) in [6.45, 7) is 4.27. The van der Waals surface area contributed by atoms with Gasteiger partial charge in [-0.05, 0) is 43.7 Å². The highest BCUT2D eigenvalue weighted by Gasteiger charge is 2.35. The molecule has 158 valence electrons. The van der Waals surface area contributed by atoms with Gasteiger partial charge in [0.25, 0.3) is 0 Å². The molecule has 0 fully saturated rings. The Bertz CT molecular complexity index is 1330. The largest absolute Gasteiger partial charge is 0.494 e. The average Bonchev–Trinajstić information content (AvgIpc) is 3.30. The van der Waals surface area contributed by atoms with Crippen molar-refractivity contribution in [3.63, 3.8) is 0 Å². The number of anilines is 1. The summed E-state index contributed by atoms with van der Waals surface area (Å²) in [5.41, 5.74) is 2.21. The van der Waals surface area contributed by atoms with Crippen LogP contribution in [0, 0.1) is 18.6 Å². The predicted molar refractivity (Wildman–Crippen MR) is 114 cm³/mol. The van der Waals surface area contributed by atoms with Crippen molar-refractivity contribution in [1.29, 1.82) is 0 Å². The van der Waals surface area contributed by atoms with E-state index >= 15 is 0 Å². The molecule has 6 nitrogen and oxygen atoms in total. The van der Waals surface area contributed by atoms with E-state index in [9.17, 15) is 13.6 Å². The van der Waals surface area contributed by atoms with Gasteiger partial charge in [0, 0.05) is 17.9 Å². The van der Waals surface area contributed by atoms with Gasteiger partial charge in [-0.2, -0.15) is 9.78 Å². The first-order chi connectivity index (χ1) is 15.0. The van der Waals surface area contributed by atoms with Crippen LogP contribution in [-0.4, -0.2) is 27.3 Å². The molecule has 2 aromatic heterocycles. The summed E-state index contributed by atoms with van der Waals surface area (Å²) in [6, 6.07) is 9.65. The third-order valence-corrected chi connectivity index (χ3v) is 6.29. The van der Waals surface area contributed by atoms with Crippen LogP contribution in [0.5, 0.6) is 5.75 Å². The molecule has 1 atom stereocenters. The summed E-state index contributed by atoms with van der Waals surface area (Å²) in [6.07, 6.45) is 0.0114. The van der Waals surface area contributed by atoms with Gasteiger partial charge in [0.2, 0.25) is 11.0 Å². The number of nitrogens with zero attached hydrogens (tertiary/aromatic N) is 3. The minimum Gasteiger partial charge on any atom is -0.494 e. The number of benzene rings is 2. The van der Waals surface area contributed by atoms with Crippen LogP contribution in [0.4, 0.5) is 14.6 Å². The number of aromatic nitrogens is 3. The van der Waals surface area contributed by atoms with Crippen molar-refractivity contribution >= 4 is 33.3 Å². The molecule has 0 saturated heterocycles. The maximum atomic E-state index is 14.6. The predicted octanol–water partition coefficient (Wildman–Crippen LogP) is 4.94. The normalized spacial score (nSPS) is 15.7. The molecule has 1 aliphatic rings. The molecule has 1 N–H and O–H groups in total. The van der Waals surface area contributed by atoms with Crippen molar-refractivity contribution in [2.24, 2.45) is 0 Å². The molecule has 4 aromatic rings. The molecule has 1 unspecified atom stereocenters. The van der Waals surface area contributed by atoms with Gasteiger partial charge in [-0.25, -0.2) is 13.8 Å². The first-order valence-electron chi connectivity index (χ1n) is 9.83. The van der Waals surface area contributed by atoms with Crippen molar-refractivity contribution in [1.82, 2.24) is 14.8 Å². The Kier molecular flexibility index (Phi) is 4.70. The average molecular weight is 440 g/mol. The Morgan fingerprint density at radius 1 is 1.29 bits per heavy atom. The number of hydrogen-bond acceptors (Lipinski definition) is 5. The summed E-state index contributed by atoms with van der Waals surface area (Å²) in [7, 11) is 0. The molecule has 0 saturated carbocycles. The van der Waals surface area contributed by atoms with Crippen LogP contribution in [0.1, 0.15) is 36.1 Å². The van der Waals surface area contributed by atoms with Crippen molar-refractivity contribution in [2.75, 3.05) is 11.9 Å². The smallest absolute Gasteiger partial charge is 0.226 e. The molecule has 3 heterocycles. The molecule has 9 heteroatoms. The van der Waals surface area contributed by atoms with E-state index in [0.717, 1.165) is 22.0 Å². The van der Waals surface area contributed by atoms with E-state index in [2.05, 4.69) is 15.4 Å². The minimum atomic E-state index is -0.941. The fourth-order valence-electron chi connectivity index (χ4n) is 3.98. The number of nitrogens with one attached hydrogen (secondary N) is 1. The summed E-state index contributed by atoms with van der Waals surface area (Å²) in [4.78, 5) is 17.1. The van der Waals surface area contributed by atoms with Gasteiger partial charge in [-0.15, -0.1) is 0 Å². The number of halogens is 2. The Morgan fingerprint density at radius 2 is 2.13 bits per heavy atom. The highest BCUT2D eigenvalue weighted by Crippen LogP contribution is 2.42. The second-order valence-corrected chi connectivity index (χ2v) is 8.28. The lowest BCUT2D eigenvalue weighted by Gasteiger charge is -2.24. The number of amides is 1. The van der Waals surface area contributed by atoms with Crippen molar-refractivity contribution < 1.29 is 18.3 Å². The number of hydrogen-bond donors (Lipinski definition) is 1. The zero-order chi connectivity index (χ0) is 21.7. The van der Waals surface area contributed by atoms with E-state index < -0.39 is 17.6 Å². The molecular weight excluding hydrogens is 422 g/mol. The topological polar surface area (TPSA) is 69.0 Å². The molecule has 0 aliphatic carbocycles. The Balaban J connectivity index is 1.64. The fraction of sp³-hybridized carbons (Fsp3) is 0.227. The Hall–Kier alpha value is -3.33. The Morgan fingerprint density at radius 3 is 2.94 bits per heavy atom. The minimum absolute atomic E-state index is 0.0114. The number of aryl methyl sites for hydroxylation is 1. The van der Waals surface area contributed by atoms with E-state index in [1.165, 1.54) is 23.5 Å². The van der Waals surface area contributed by atoms with E-state index in [1.54, 1.807) is 11.6 Å². The third kappa shape index (κ3) is 3.25. The highest BCUT2D eigenvalue weighted by molar-refractivity contribution is 7.20. The molecule has 0 radical (unpaired) electrons. The highest BCUT2D eigenvalue weighted by atomic mass is 32.1. The van der Waals surface area contributed by atoms with Crippen LogP contribution >= 0.6 is 11.3 Å². The lowest BCUT2D eigenvalue weighted by atomic mass is 9.85. The number of rotatable bonds is 4. The van der Waals surface area contributed by atoms with Crippen LogP contribution in [0.3, 0.4) is 0 Å². The van der Waals surface area contributed by atoms with Crippen LogP contribution in [0.15, 0.2) is 36.4 Å². The standard InChI is InChI=1S/C22H18F2N4O2S/c1-3-30-12-7-8-16-17(9-12)31-22(25-16)28-21-19(11(2)27-28)14(10-18(29)26-21)13-5-4-6-15(23)20(13)24/h4-9,14H,3,10H2,1-2H3,(H,26,29). The lowest BCUT2D eigenvalue weighted by Crippen LogP contribution is -2.25. The molecule has 5 rings (SSSR count). The second-order valence-electron chi connectivity index (χ2n) is 7.27. The van der Waals surface area contributed by atoms with Gasteiger partial charge in [0.1, 0.15) is 11.6 Å². The van der Waals surface area contributed by atoms with Crippen molar-refractivity contribution in [3.8, 4) is 10.9 Å². The fourth-order valence-corrected chi connectivity index (χ4v) is 4.93. The van der Waals surface area contributed by atoms with Crippen LogP contribution in [-0.2, 0) is 4.79 Å². The molecule has 1 aliphatic heterocycles. The first kappa shape index (κ1) is 19.6. The lowest BCUT2D eigenvalue weighted by molar-refractivity contribution is -0.116. The van der Waals surface area contributed by atoms with E-state index in [4.69, 9.17) is 4.74 Å². The maximum Gasteiger partial charge on any atom is 0.226 e. The number of carbonyl (C=O) groups is 1. The summed E-state index contributed by atoms with van der Waals surface area (Å²) in [5.74, 6) is -1.62. The molecule has 0 bridgehead atoms. The quantitative estimate of drug-likeness (QED) is 0.488. The zero-order valence-electron chi connectivity index (χ0n) is 16.8. The zero-order valence-corrected chi connectivity index (χ0v) is 17.6. The van der Waals surface area contributed by atoms with E-state index in [1.807, 2.05) is 25.1 Å². The van der Waals surface area contributed by atoms with Crippen molar-refractivity contribution in [2.45, 2.75) is 26.2 Å². The SMILES string of the molecule is CCOc1ccc2nc(-n3nc(C)c4c3NC(=O)CC4c3cccc(F)c3F)sc2c1. The van der Waals surface area contributed by atoms with E-state index in [-0.39, 0.29) is 17.9 Å². The van der Waals surface area contributed by atoms with Gasteiger partial charge in [-0.3, -0.25) is 4.79 Å². The number of carbonyl (C=O) groups excluding carboxylic acids is 1. The van der Waals surface area contributed by atoms with Gasteiger partial charge >= 0.3 is 0 Å². The summed E-state index contributed by atoms with van der Waals surface area (Å²) >= 11 is 1.40. The molecular formula is C22H18F2N4O2S. The molecule has 2 aromatic carbocycles. The van der Waals surface area contributed by atoms with Gasteiger partial charge in [-0.1, -0.05) is 23.5 Å². The Labute approximate surface area is 180 Å². The monoisotopic (exact) mass is 440 g/mol. The first-order valence-corrected chi connectivity index (χ1v) is 10.6. The second kappa shape index (κ2) is 7.42. The summed E-state index contributed by atoms with van der Waals surface area (Å²) < 4.78 is 36.5. The van der Waals surface area contributed by atoms with Crippen LogP contribution < -0.4 is 10.1 Å². The van der Waals surface area contributed by atoms with Crippen LogP contribution in [0.25, 0.3) is 15.3 Å². The van der Waals surface area contributed by atoms with Crippen molar-refractivity contribution in [3.05, 3.63) is 64.9 Å². The third-order valence-electron chi connectivity index (χ3n) is 5.30. The molecule has 1 amide bonds. The van der Waals surface area contributed by atoms with E-state index in [0.29, 0.717) is 28.8 Å². The van der Waals surface area contributed by atoms with Gasteiger partial charge < -0.3 is 10.1 Å². The molecule has 0 spiro atoms. The molecule has 31 heavy (non-hydrogen) atoms. The van der Waals surface area contributed by atoms with Gasteiger partial charge in [0.05, 0.1) is 22.5 Å². The van der Waals surface area contributed by atoms with Crippen LogP contribution in [0.2, 0.25) is 0 Å². The number of thiazole rings is 1. The number of fused-ring (bicyclic) bond motifs is 2. The van der Waals surface area contributed by atoms with Gasteiger partial charge in [0.15, 0.2) is 11.6 Å². The summed E-state index contributed by atoms with van der Waals surface area (Å²) in [5, 5.41) is 7.99. The number of ether oxygens (including phenoxy) is 1.